The lowest BCUT2D eigenvalue weighted by molar-refractivity contribution is -0.131. The third-order valence-electron chi connectivity index (χ3n) is 1.21. The van der Waals surface area contributed by atoms with Gasteiger partial charge in [0.15, 0.2) is 0 Å². The van der Waals surface area contributed by atoms with Crippen molar-refractivity contribution >= 4 is 16.5 Å². The number of hydrogen-bond acceptors (Lipinski definition) is 4. The Hall–Kier alpha value is -0.850. The van der Waals surface area contributed by atoms with Gasteiger partial charge in [-0.1, -0.05) is 11.3 Å². The molecule has 0 unspecified atom stereocenters. The zero-order chi connectivity index (χ0) is 9.90. The quantitative estimate of drug-likeness (QED) is 0.832. The highest BCUT2D eigenvalue weighted by Gasteiger charge is 2.26. The van der Waals surface area contributed by atoms with Crippen LogP contribution in [-0.2, 0) is 0 Å². The van der Waals surface area contributed by atoms with E-state index in [4.69, 9.17) is 0 Å². The van der Waals surface area contributed by atoms with E-state index in [0.29, 0.717) is 5.13 Å². The first-order chi connectivity index (χ1) is 5.97. The van der Waals surface area contributed by atoms with Gasteiger partial charge in [-0.15, -0.1) is 10.2 Å². The van der Waals surface area contributed by atoms with Crippen LogP contribution in [0.4, 0.5) is 18.3 Å². The second-order valence-corrected chi connectivity index (χ2v) is 3.60. The van der Waals surface area contributed by atoms with Crippen LogP contribution >= 0.6 is 11.3 Å². The molecule has 0 aromatic carbocycles. The van der Waals surface area contributed by atoms with Crippen molar-refractivity contribution < 1.29 is 13.2 Å². The highest BCUT2D eigenvalue weighted by atomic mass is 32.1. The maximum atomic E-state index is 11.7. The Kier molecular flexibility index (Phi) is 3.07. The Bertz CT molecular complexity index is 270. The second-order valence-electron chi connectivity index (χ2n) is 2.42. The van der Waals surface area contributed by atoms with Crippen molar-refractivity contribution in [1.29, 1.82) is 0 Å². The molecule has 0 bridgehead atoms. The van der Waals surface area contributed by atoms with Crippen LogP contribution in [0, 0.1) is 6.92 Å². The van der Waals surface area contributed by atoms with Crippen molar-refractivity contribution in [2.24, 2.45) is 0 Å². The fraction of sp³-hybridized carbons (Fsp3) is 0.667. The average molecular weight is 211 g/mol. The van der Waals surface area contributed by atoms with Crippen LogP contribution in [0.3, 0.4) is 0 Å². The van der Waals surface area contributed by atoms with Crippen LogP contribution in [0.2, 0.25) is 0 Å². The summed E-state index contributed by atoms with van der Waals surface area (Å²) in [6.45, 7) is 1.59. The normalized spacial score (nSPS) is 11.7. The summed E-state index contributed by atoms with van der Waals surface area (Å²) in [5.41, 5.74) is 0. The highest BCUT2D eigenvalue weighted by molar-refractivity contribution is 7.15. The molecule has 0 saturated heterocycles. The summed E-state index contributed by atoms with van der Waals surface area (Å²) in [6, 6.07) is 0. The summed E-state index contributed by atoms with van der Waals surface area (Å²) < 4.78 is 35.1. The molecule has 0 aliphatic rings. The predicted molar refractivity (Wildman–Crippen MR) is 43.8 cm³/mol. The van der Waals surface area contributed by atoms with Gasteiger partial charge in [0.25, 0.3) is 0 Å². The van der Waals surface area contributed by atoms with Gasteiger partial charge in [-0.2, -0.15) is 13.2 Å². The number of alkyl halides is 3. The van der Waals surface area contributed by atoms with E-state index in [9.17, 15) is 13.2 Å². The molecule has 13 heavy (non-hydrogen) atoms. The van der Waals surface area contributed by atoms with Gasteiger partial charge in [-0.05, 0) is 6.92 Å². The molecule has 0 radical (unpaired) electrons. The zero-order valence-electron chi connectivity index (χ0n) is 6.85. The fourth-order valence-electron chi connectivity index (χ4n) is 0.679. The zero-order valence-corrected chi connectivity index (χ0v) is 7.67. The molecule has 3 nitrogen and oxygen atoms in total. The molecule has 74 valence electrons. The molecule has 0 aliphatic heterocycles. The van der Waals surface area contributed by atoms with Crippen LogP contribution in [0.25, 0.3) is 0 Å². The lowest BCUT2D eigenvalue weighted by atomic mass is 10.4. The molecule has 1 N–H and O–H groups in total. The molecule has 0 fully saturated rings. The summed E-state index contributed by atoms with van der Waals surface area (Å²) in [4.78, 5) is 0. The van der Waals surface area contributed by atoms with Crippen LogP contribution in [0.1, 0.15) is 11.4 Å². The molecule has 1 rings (SSSR count). The van der Waals surface area contributed by atoms with E-state index in [1.807, 2.05) is 0 Å². The van der Waals surface area contributed by atoms with Crippen molar-refractivity contribution in [3.63, 3.8) is 0 Å². The molecule has 0 amide bonds. The number of aromatic nitrogens is 2. The van der Waals surface area contributed by atoms with E-state index in [0.717, 1.165) is 5.01 Å². The smallest absolute Gasteiger partial charge is 0.360 e. The van der Waals surface area contributed by atoms with Gasteiger partial charge < -0.3 is 5.32 Å². The number of halogens is 3. The summed E-state index contributed by atoms with van der Waals surface area (Å²) in [5, 5.41) is 11.0. The van der Waals surface area contributed by atoms with Gasteiger partial charge >= 0.3 is 6.18 Å². The second kappa shape index (κ2) is 3.91. The molecule has 1 aromatic rings. The Morgan fingerprint density at radius 2 is 2.08 bits per heavy atom. The standard InChI is InChI=1S/C6H8F3N3S/c1-4-11-12-5(13-4)10-3-2-6(7,8)9/h2-3H2,1H3,(H,10,12). The number of rotatable bonds is 3. The molecule has 1 aromatic heterocycles. The number of anilines is 1. The van der Waals surface area contributed by atoms with E-state index in [-0.39, 0.29) is 6.54 Å². The molecule has 7 heteroatoms. The molecule has 1 heterocycles. The summed E-state index contributed by atoms with van der Waals surface area (Å²) in [5.74, 6) is 0. The average Bonchev–Trinajstić information content (AvgIpc) is 2.33. The van der Waals surface area contributed by atoms with E-state index in [1.165, 1.54) is 11.3 Å². The third-order valence-corrected chi connectivity index (χ3v) is 2.01. The van der Waals surface area contributed by atoms with E-state index >= 15 is 0 Å². The first-order valence-corrected chi connectivity index (χ1v) is 4.40. The van der Waals surface area contributed by atoms with E-state index < -0.39 is 12.6 Å². The molecular formula is C6H8F3N3S. The topological polar surface area (TPSA) is 37.8 Å². The van der Waals surface area contributed by atoms with Crippen molar-refractivity contribution in [1.82, 2.24) is 10.2 Å². The van der Waals surface area contributed by atoms with Crippen molar-refractivity contribution in [3.8, 4) is 0 Å². The monoisotopic (exact) mass is 211 g/mol. The van der Waals surface area contributed by atoms with Crippen LogP contribution in [-0.4, -0.2) is 22.9 Å². The Morgan fingerprint density at radius 3 is 2.54 bits per heavy atom. The number of nitrogens with one attached hydrogen (secondary N) is 1. The molecule has 0 aliphatic carbocycles. The van der Waals surface area contributed by atoms with Gasteiger partial charge in [-0.25, -0.2) is 0 Å². The third kappa shape index (κ3) is 4.07. The van der Waals surface area contributed by atoms with E-state index in [2.05, 4.69) is 15.5 Å². The Morgan fingerprint density at radius 1 is 1.38 bits per heavy atom. The van der Waals surface area contributed by atoms with Crippen molar-refractivity contribution in [2.45, 2.75) is 19.5 Å². The molecule has 0 spiro atoms. The molecule has 0 saturated carbocycles. The lowest BCUT2D eigenvalue weighted by Gasteiger charge is -2.05. The maximum absolute atomic E-state index is 11.7. The van der Waals surface area contributed by atoms with Gasteiger partial charge in [0.2, 0.25) is 5.13 Å². The summed E-state index contributed by atoms with van der Waals surface area (Å²) in [7, 11) is 0. The first kappa shape index (κ1) is 10.2. The number of aryl methyl sites for hydroxylation is 1. The first-order valence-electron chi connectivity index (χ1n) is 3.58. The van der Waals surface area contributed by atoms with Gasteiger partial charge in [0, 0.05) is 6.54 Å². The minimum Gasteiger partial charge on any atom is -0.360 e. The van der Waals surface area contributed by atoms with Crippen molar-refractivity contribution in [3.05, 3.63) is 5.01 Å². The SMILES string of the molecule is Cc1nnc(NCCC(F)(F)F)s1. The molecular weight excluding hydrogens is 203 g/mol. The fourth-order valence-corrected chi connectivity index (χ4v) is 1.30. The largest absolute Gasteiger partial charge is 0.390 e. The molecule has 0 atom stereocenters. The minimum absolute atomic E-state index is 0.155. The van der Waals surface area contributed by atoms with Crippen molar-refractivity contribution in [2.75, 3.05) is 11.9 Å². The Labute approximate surface area is 77.0 Å². The van der Waals surface area contributed by atoms with E-state index in [1.54, 1.807) is 6.92 Å². The minimum atomic E-state index is -4.12. The van der Waals surface area contributed by atoms with Gasteiger partial charge in [0.05, 0.1) is 6.42 Å². The number of hydrogen-bond donors (Lipinski definition) is 1. The summed E-state index contributed by atoms with van der Waals surface area (Å²) >= 11 is 1.24. The van der Waals surface area contributed by atoms with Crippen LogP contribution in [0.5, 0.6) is 0 Å². The Balaban J connectivity index is 2.28. The van der Waals surface area contributed by atoms with Crippen LogP contribution < -0.4 is 5.32 Å². The maximum Gasteiger partial charge on any atom is 0.390 e. The highest BCUT2D eigenvalue weighted by Crippen LogP contribution is 2.20. The lowest BCUT2D eigenvalue weighted by Crippen LogP contribution is -2.14. The van der Waals surface area contributed by atoms with Gasteiger partial charge in [-0.3, -0.25) is 0 Å². The number of nitrogens with zero attached hydrogens (tertiary/aromatic N) is 2. The van der Waals surface area contributed by atoms with Crippen LogP contribution in [0.15, 0.2) is 0 Å². The summed E-state index contributed by atoms with van der Waals surface area (Å²) in [6.07, 6.45) is -4.97. The predicted octanol–water partition coefficient (Wildman–Crippen LogP) is 2.21. The van der Waals surface area contributed by atoms with Gasteiger partial charge in [0.1, 0.15) is 5.01 Å².